The summed E-state index contributed by atoms with van der Waals surface area (Å²) in [6, 6.07) is 15.2. The number of benzene rings is 3. The maximum atomic E-state index is 12.6. The van der Waals surface area contributed by atoms with Crippen molar-refractivity contribution >= 4 is 5.97 Å². The summed E-state index contributed by atoms with van der Waals surface area (Å²) in [6.07, 6.45) is -1.52. The highest BCUT2D eigenvalue weighted by atomic mass is 16.6. The third-order valence-corrected chi connectivity index (χ3v) is 4.76. The molecular formula is C22H18O7. The predicted molar refractivity (Wildman–Crippen MR) is 102 cm³/mol. The zero-order valence-corrected chi connectivity index (χ0v) is 15.1. The van der Waals surface area contributed by atoms with Crippen LogP contribution in [0, 0.1) is 0 Å². The van der Waals surface area contributed by atoms with Gasteiger partial charge >= 0.3 is 5.97 Å². The highest BCUT2D eigenvalue weighted by Gasteiger charge is 2.36. The van der Waals surface area contributed by atoms with Gasteiger partial charge in [-0.05, 0) is 24.3 Å². The van der Waals surface area contributed by atoms with Crippen molar-refractivity contribution in [2.75, 3.05) is 0 Å². The number of hydrogen-bond donors (Lipinski definition) is 4. The summed E-state index contributed by atoms with van der Waals surface area (Å²) in [5.74, 6) is -1.30. The number of carbonyl (C=O) groups excluding carboxylic acids is 1. The van der Waals surface area contributed by atoms with Crippen LogP contribution in [-0.4, -0.2) is 32.5 Å². The van der Waals surface area contributed by atoms with Crippen molar-refractivity contribution in [2.24, 2.45) is 0 Å². The predicted octanol–water partition coefficient (Wildman–Crippen LogP) is 3.41. The van der Waals surface area contributed by atoms with E-state index < -0.39 is 18.2 Å². The molecule has 0 fully saturated rings. The van der Waals surface area contributed by atoms with Gasteiger partial charge in [0.15, 0.2) is 17.6 Å². The minimum Gasteiger partial charge on any atom is -0.508 e. The highest BCUT2D eigenvalue weighted by Crippen LogP contribution is 2.43. The number of hydrogen-bond acceptors (Lipinski definition) is 7. The van der Waals surface area contributed by atoms with E-state index in [-0.39, 0.29) is 35.2 Å². The Balaban J connectivity index is 1.72. The maximum Gasteiger partial charge on any atom is 0.338 e. The molecule has 0 spiro atoms. The molecule has 0 aromatic heterocycles. The lowest BCUT2D eigenvalue weighted by atomic mass is 9.93. The van der Waals surface area contributed by atoms with E-state index in [0.717, 1.165) is 0 Å². The van der Waals surface area contributed by atoms with E-state index in [9.17, 15) is 25.2 Å². The number of rotatable bonds is 3. The average Bonchev–Trinajstić information content (AvgIpc) is 2.70. The first-order chi connectivity index (χ1) is 13.9. The molecule has 148 valence electrons. The molecule has 1 aliphatic heterocycles. The Morgan fingerprint density at radius 1 is 0.897 bits per heavy atom. The Hall–Kier alpha value is -3.87. The Morgan fingerprint density at radius 2 is 1.66 bits per heavy atom. The van der Waals surface area contributed by atoms with Gasteiger partial charge in [0.1, 0.15) is 23.4 Å². The zero-order chi connectivity index (χ0) is 20.5. The van der Waals surface area contributed by atoms with Crippen molar-refractivity contribution < 1.29 is 34.7 Å². The molecule has 2 atom stereocenters. The number of esters is 1. The number of fused-ring (bicyclic) bond motifs is 1. The van der Waals surface area contributed by atoms with Gasteiger partial charge in [0, 0.05) is 29.7 Å². The monoisotopic (exact) mass is 394 g/mol. The molecule has 4 rings (SSSR count). The third-order valence-electron chi connectivity index (χ3n) is 4.76. The topological polar surface area (TPSA) is 116 Å². The van der Waals surface area contributed by atoms with Crippen LogP contribution in [0.1, 0.15) is 27.6 Å². The van der Waals surface area contributed by atoms with Crippen LogP contribution >= 0.6 is 0 Å². The number of ether oxygens (including phenoxy) is 2. The molecule has 29 heavy (non-hydrogen) atoms. The summed E-state index contributed by atoms with van der Waals surface area (Å²) in [7, 11) is 0. The van der Waals surface area contributed by atoms with Gasteiger partial charge in [0.25, 0.3) is 0 Å². The second kappa shape index (κ2) is 7.27. The van der Waals surface area contributed by atoms with Crippen LogP contribution in [0.15, 0.2) is 60.7 Å². The van der Waals surface area contributed by atoms with Crippen molar-refractivity contribution in [1.29, 1.82) is 0 Å². The lowest BCUT2D eigenvalue weighted by Crippen LogP contribution is -2.34. The second-order valence-corrected chi connectivity index (χ2v) is 6.74. The van der Waals surface area contributed by atoms with Gasteiger partial charge in [0.2, 0.25) is 0 Å². The van der Waals surface area contributed by atoms with Gasteiger partial charge in [-0.15, -0.1) is 0 Å². The fourth-order valence-electron chi connectivity index (χ4n) is 3.33. The molecule has 0 amide bonds. The van der Waals surface area contributed by atoms with Crippen LogP contribution in [0.5, 0.6) is 28.7 Å². The van der Waals surface area contributed by atoms with Gasteiger partial charge in [-0.1, -0.05) is 24.3 Å². The van der Waals surface area contributed by atoms with E-state index in [1.165, 1.54) is 30.3 Å². The largest absolute Gasteiger partial charge is 0.508 e. The van der Waals surface area contributed by atoms with E-state index in [1.807, 2.05) is 0 Å². The first-order valence-corrected chi connectivity index (χ1v) is 8.92. The molecule has 0 saturated heterocycles. The van der Waals surface area contributed by atoms with Crippen molar-refractivity contribution in [3.63, 3.8) is 0 Å². The molecule has 3 aromatic rings. The van der Waals surface area contributed by atoms with E-state index in [0.29, 0.717) is 16.7 Å². The fraction of sp³-hybridized carbons (Fsp3) is 0.136. The molecule has 4 N–H and O–H groups in total. The molecule has 0 aliphatic carbocycles. The second-order valence-electron chi connectivity index (χ2n) is 6.74. The standard InChI is InChI=1S/C22H18O7/c23-14-9-17(25)15-11-20(29-22(27)12-4-2-1-3-5-12)21(28-19(15)10-14)13-6-7-16(24)18(26)8-13/h1-10,20-21,23-26H,11H2/t20-,21+/m0/s1. The van der Waals surface area contributed by atoms with Gasteiger partial charge < -0.3 is 29.9 Å². The van der Waals surface area contributed by atoms with E-state index in [1.54, 1.807) is 30.3 Å². The summed E-state index contributed by atoms with van der Waals surface area (Å²) >= 11 is 0. The zero-order valence-electron chi connectivity index (χ0n) is 15.1. The van der Waals surface area contributed by atoms with Crippen LogP contribution in [-0.2, 0) is 11.2 Å². The number of aromatic hydroxyl groups is 4. The van der Waals surface area contributed by atoms with Crippen molar-refractivity contribution in [3.8, 4) is 28.7 Å². The number of carbonyl (C=O) groups is 1. The van der Waals surface area contributed by atoms with Gasteiger partial charge in [-0.3, -0.25) is 0 Å². The third kappa shape index (κ3) is 3.62. The first-order valence-electron chi connectivity index (χ1n) is 8.92. The van der Waals surface area contributed by atoms with Crippen molar-refractivity contribution in [3.05, 3.63) is 77.4 Å². The molecule has 7 nitrogen and oxygen atoms in total. The Bertz CT molecular complexity index is 1060. The van der Waals surface area contributed by atoms with E-state index >= 15 is 0 Å². The van der Waals surface area contributed by atoms with E-state index in [2.05, 4.69) is 0 Å². The molecule has 0 bridgehead atoms. The molecule has 0 saturated carbocycles. The van der Waals surface area contributed by atoms with Gasteiger partial charge in [0.05, 0.1) is 5.56 Å². The molecule has 1 aliphatic rings. The quantitative estimate of drug-likeness (QED) is 0.397. The summed E-state index contributed by atoms with van der Waals surface area (Å²) in [6.45, 7) is 0. The molecule has 0 radical (unpaired) electrons. The minimum atomic E-state index is -0.831. The van der Waals surface area contributed by atoms with Gasteiger partial charge in [-0.25, -0.2) is 4.79 Å². The Kier molecular flexibility index (Phi) is 4.64. The lowest BCUT2D eigenvalue weighted by Gasteiger charge is -2.34. The number of phenolic OH excluding ortho intramolecular Hbond substituents is 4. The summed E-state index contributed by atoms with van der Waals surface area (Å²) in [4.78, 5) is 12.6. The summed E-state index contributed by atoms with van der Waals surface area (Å²) in [5.41, 5.74) is 1.22. The van der Waals surface area contributed by atoms with Crippen LogP contribution in [0.25, 0.3) is 0 Å². The van der Waals surface area contributed by atoms with Crippen LogP contribution in [0.4, 0.5) is 0 Å². The lowest BCUT2D eigenvalue weighted by molar-refractivity contribution is -0.0188. The average molecular weight is 394 g/mol. The summed E-state index contributed by atoms with van der Waals surface area (Å²) < 4.78 is 11.6. The fourth-order valence-corrected chi connectivity index (χ4v) is 3.33. The van der Waals surface area contributed by atoms with Gasteiger partial charge in [-0.2, -0.15) is 0 Å². The molecular weight excluding hydrogens is 376 g/mol. The first kappa shape index (κ1) is 18.5. The Labute approximate surface area is 166 Å². The minimum absolute atomic E-state index is 0.131. The SMILES string of the molecule is O=C(O[C@H]1Cc2c(O)cc(O)cc2O[C@@H]1c1ccc(O)c(O)c1)c1ccccc1. The smallest absolute Gasteiger partial charge is 0.338 e. The molecule has 1 heterocycles. The van der Waals surface area contributed by atoms with Crippen molar-refractivity contribution in [1.82, 2.24) is 0 Å². The van der Waals surface area contributed by atoms with Crippen molar-refractivity contribution in [2.45, 2.75) is 18.6 Å². The van der Waals surface area contributed by atoms with Crippen LogP contribution in [0.2, 0.25) is 0 Å². The Morgan fingerprint density at radius 3 is 2.38 bits per heavy atom. The van der Waals surface area contributed by atoms with Crippen LogP contribution in [0.3, 0.4) is 0 Å². The molecule has 7 heteroatoms. The van der Waals surface area contributed by atoms with Crippen LogP contribution < -0.4 is 4.74 Å². The summed E-state index contributed by atoms with van der Waals surface area (Å²) in [5, 5.41) is 39.4. The maximum absolute atomic E-state index is 12.6. The molecule has 0 unspecified atom stereocenters. The molecule has 3 aromatic carbocycles. The normalized spacial score (nSPS) is 17.8. The number of phenols is 4. The highest BCUT2D eigenvalue weighted by molar-refractivity contribution is 5.89. The van der Waals surface area contributed by atoms with E-state index in [4.69, 9.17) is 9.47 Å².